The summed E-state index contributed by atoms with van der Waals surface area (Å²) in [7, 11) is 1.64. The van der Waals surface area contributed by atoms with Crippen LogP contribution in [0.25, 0.3) is 0 Å². The van der Waals surface area contributed by atoms with E-state index < -0.39 is 0 Å². The Morgan fingerprint density at radius 2 is 1.81 bits per heavy atom. The van der Waals surface area contributed by atoms with Gasteiger partial charge in [-0.3, -0.25) is 4.79 Å². The van der Waals surface area contributed by atoms with E-state index in [-0.39, 0.29) is 5.91 Å². The summed E-state index contributed by atoms with van der Waals surface area (Å²) in [6.45, 7) is 0.560. The van der Waals surface area contributed by atoms with Gasteiger partial charge in [-0.2, -0.15) is 0 Å². The highest BCUT2D eigenvalue weighted by molar-refractivity contribution is 5.76. The van der Waals surface area contributed by atoms with E-state index >= 15 is 0 Å². The quantitative estimate of drug-likeness (QED) is 0.784. The van der Waals surface area contributed by atoms with Gasteiger partial charge in [-0.25, -0.2) is 0 Å². The smallest absolute Gasteiger partial charge is 0.220 e. The van der Waals surface area contributed by atoms with Crippen molar-refractivity contribution in [2.24, 2.45) is 0 Å². The molecule has 21 heavy (non-hydrogen) atoms. The number of nitrogens with one attached hydrogen (secondary N) is 1. The molecule has 1 aromatic rings. The summed E-state index contributed by atoms with van der Waals surface area (Å²) in [5, 5.41) is 3.12. The fourth-order valence-electron chi connectivity index (χ4n) is 2.64. The lowest BCUT2D eigenvalue weighted by Crippen LogP contribution is -2.36. The van der Waals surface area contributed by atoms with Crippen LogP contribution in [0.3, 0.4) is 0 Å². The van der Waals surface area contributed by atoms with E-state index in [0.717, 1.165) is 30.8 Å². The van der Waals surface area contributed by atoms with Crippen molar-refractivity contribution >= 4 is 5.91 Å². The van der Waals surface area contributed by atoms with E-state index in [1.165, 1.54) is 19.3 Å². The Hall–Kier alpha value is -1.71. The van der Waals surface area contributed by atoms with Gasteiger partial charge < -0.3 is 14.8 Å². The first-order valence-corrected chi connectivity index (χ1v) is 7.84. The maximum absolute atomic E-state index is 11.8. The molecule has 0 bridgehead atoms. The summed E-state index contributed by atoms with van der Waals surface area (Å²) in [6, 6.07) is 7.88. The molecule has 0 radical (unpaired) electrons. The molecule has 1 saturated carbocycles. The SMILES string of the molecule is COc1ccc(OCCCC(=O)NC2CCCCC2)cc1. The van der Waals surface area contributed by atoms with Crippen molar-refractivity contribution in [1.82, 2.24) is 5.32 Å². The number of methoxy groups -OCH3 is 1. The molecule has 4 nitrogen and oxygen atoms in total. The van der Waals surface area contributed by atoms with Crippen molar-refractivity contribution in [3.63, 3.8) is 0 Å². The number of carbonyl (C=O) groups excluding carboxylic acids is 1. The fraction of sp³-hybridized carbons (Fsp3) is 0.588. The third-order valence-corrected chi connectivity index (χ3v) is 3.85. The Morgan fingerprint density at radius 3 is 2.48 bits per heavy atom. The Morgan fingerprint density at radius 1 is 1.14 bits per heavy atom. The van der Waals surface area contributed by atoms with Gasteiger partial charge in [-0.15, -0.1) is 0 Å². The highest BCUT2D eigenvalue weighted by Crippen LogP contribution is 2.18. The number of carbonyl (C=O) groups is 1. The number of rotatable bonds is 7. The minimum atomic E-state index is 0.153. The second kappa shape index (κ2) is 8.55. The fourth-order valence-corrected chi connectivity index (χ4v) is 2.64. The molecule has 2 rings (SSSR count). The molecule has 0 aromatic heterocycles. The molecule has 0 saturated heterocycles. The van der Waals surface area contributed by atoms with Gasteiger partial charge >= 0.3 is 0 Å². The van der Waals surface area contributed by atoms with Crippen LogP contribution in [0.4, 0.5) is 0 Å². The molecule has 0 aliphatic heterocycles. The maximum Gasteiger partial charge on any atom is 0.220 e. The van der Waals surface area contributed by atoms with Gasteiger partial charge in [0.2, 0.25) is 5.91 Å². The normalized spacial score (nSPS) is 15.5. The topological polar surface area (TPSA) is 47.6 Å². The third kappa shape index (κ3) is 5.66. The second-order valence-corrected chi connectivity index (χ2v) is 5.53. The van der Waals surface area contributed by atoms with E-state index in [1.807, 2.05) is 24.3 Å². The van der Waals surface area contributed by atoms with Crippen molar-refractivity contribution < 1.29 is 14.3 Å². The second-order valence-electron chi connectivity index (χ2n) is 5.53. The summed E-state index contributed by atoms with van der Waals surface area (Å²) >= 11 is 0. The predicted octanol–water partition coefficient (Wildman–Crippen LogP) is 3.30. The summed E-state index contributed by atoms with van der Waals surface area (Å²) < 4.78 is 10.7. The van der Waals surface area contributed by atoms with Gasteiger partial charge in [0.05, 0.1) is 13.7 Å². The largest absolute Gasteiger partial charge is 0.497 e. The average Bonchev–Trinajstić information content (AvgIpc) is 2.53. The van der Waals surface area contributed by atoms with E-state index in [2.05, 4.69) is 5.32 Å². The summed E-state index contributed by atoms with van der Waals surface area (Å²) in [6.07, 6.45) is 7.33. The highest BCUT2D eigenvalue weighted by Gasteiger charge is 2.15. The van der Waals surface area contributed by atoms with E-state index in [1.54, 1.807) is 7.11 Å². The lowest BCUT2D eigenvalue weighted by molar-refractivity contribution is -0.122. The molecule has 0 heterocycles. The number of amides is 1. The highest BCUT2D eigenvalue weighted by atomic mass is 16.5. The Bertz CT molecular complexity index is 424. The van der Waals surface area contributed by atoms with Crippen LogP contribution in [0.1, 0.15) is 44.9 Å². The zero-order valence-corrected chi connectivity index (χ0v) is 12.8. The molecule has 1 fully saturated rings. The van der Waals surface area contributed by atoms with Gasteiger partial charge in [0.15, 0.2) is 0 Å². The Labute approximate surface area is 126 Å². The summed E-state index contributed by atoms with van der Waals surface area (Å²) in [5.41, 5.74) is 0. The summed E-state index contributed by atoms with van der Waals surface area (Å²) in [4.78, 5) is 11.8. The number of ether oxygens (including phenoxy) is 2. The minimum Gasteiger partial charge on any atom is -0.497 e. The lowest BCUT2D eigenvalue weighted by atomic mass is 9.95. The monoisotopic (exact) mass is 291 g/mol. The first-order chi connectivity index (χ1) is 10.3. The molecule has 1 N–H and O–H groups in total. The van der Waals surface area contributed by atoms with Gasteiger partial charge in [-0.1, -0.05) is 19.3 Å². The Kier molecular flexibility index (Phi) is 6.38. The molecule has 4 heteroatoms. The van der Waals surface area contributed by atoms with E-state index in [0.29, 0.717) is 19.1 Å². The molecule has 1 aromatic carbocycles. The molecule has 1 aliphatic carbocycles. The van der Waals surface area contributed by atoms with Crippen molar-refractivity contribution in [3.8, 4) is 11.5 Å². The first kappa shape index (κ1) is 15.7. The molecule has 116 valence electrons. The van der Waals surface area contributed by atoms with Crippen LogP contribution >= 0.6 is 0 Å². The molecule has 1 aliphatic rings. The van der Waals surface area contributed by atoms with Crippen LogP contribution in [0.15, 0.2) is 24.3 Å². The number of benzene rings is 1. The first-order valence-electron chi connectivity index (χ1n) is 7.84. The molecule has 0 atom stereocenters. The zero-order valence-electron chi connectivity index (χ0n) is 12.8. The Balaban J connectivity index is 1.58. The third-order valence-electron chi connectivity index (χ3n) is 3.85. The van der Waals surface area contributed by atoms with Crippen LogP contribution in [0.5, 0.6) is 11.5 Å². The number of hydrogen-bond acceptors (Lipinski definition) is 3. The molecular formula is C17H25NO3. The standard InChI is InChI=1S/C17H25NO3/c1-20-15-9-11-16(12-10-15)21-13-5-8-17(19)18-14-6-3-2-4-7-14/h9-12,14H,2-8,13H2,1H3,(H,18,19). The predicted molar refractivity (Wildman–Crippen MR) is 82.7 cm³/mol. The van der Waals surface area contributed by atoms with E-state index in [9.17, 15) is 4.79 Å². The van der Waals surface area contributed by atoms with Crippen molar-refractivity contribution in [2.45, 2.75) is 51.0 Å². The molecule has 1 amide bonds. The molecule has 0 spiro atoms. The van der Waals surface area contributed by atoms with Crippen molar-refractivity contribution in [2.75, 3.05) is 13.7 Å². The van der Waals surface area contributed by atoms with Gasteiger partial charge in [0.25, 0.3) is 0 Å². The van der Waals surface area contributed by atoms with Crippen LogP contribution in [-0.2, 0) is 4.79 Å². The summed E-state index contributed by atoms with van der Waals surface area (Å²) in [5.74, 6) is 1.78. The van der Waals surface area contributed by atoms with Gasteiger partial charge in [-0.05, 0) is 43.5 Å². The van der Waals surface area contributed by atoms with Crippen LogP contribution in [0.2, 0.25) is 0 Å². The molecular weight excluding hydrogens is 266 g/mol. The van der Waals surface area contributed by atoms with Crippen molar-refractivity contribution in [1.29, 1.82) is 0 Å². The van der Waals surface area contributed by atoms with Crippen molar-refractivity contribution in [3.05, 3.63) is 24.3 Å². The zero-order chi connectivity index (χ0) is 14.9. The van der Waals surface area contributed by atoms with Crippen LogP contribution in [-0.4, -0.2) is 25.7 Å². The van der Waals surface area contributed by atoms with Gasteiger partial charge in [0.1, 0.15) is 11.5 Å². The average molecular weight is 291 g/mol. The van der Waals surface area contributed by atoms with Gasteiger partial charge in [0, 0.05) is 12.5 Å². The van der Waals surface area contributed by atoms with E-state index in [4.69, 9.17) is 9.47 Å². The van der Waals surface area contributed by atoms with Crippen LogP contribution in [0, 0.1) is 0 Å². The van der Waals surface area contributed by atoms with Crippen LogP contribution < -0.4 is 14.8 Å². The molecule has 0 unspecified atom stereocenters. The maximum atomic E-state index is 11.8. The minimum absolute atomic E-state index is 0.153. The lowest BCUT2D eigenvalue weighted by Gasteiger charge is -2.22. The number of hydrogen-bond donors (Lipinski definition) is 1.